The van der Waals surface area contributed by atoms with Gasteiger partial charge in [-0.05, 0) is 40.3 Å². The lowest BCUT2D eigenvalue weighted by atomic mass is 9.97. The van der Waals surface area contributed by atoms with Crippen molar-refractivity contribution in [1.82, 2.24) is 19.8 Å². The molecule has 5 heteroatoms. The highest BCUT2D eigenvalue weighted by Crippen LogP contribution is 2.25. The highest BCUT2D eigenvalue weighted by molar-refractivity contribution is 5.07. The van der Waals surface area contributed by atoms with Crippen LogP contribution in [0, 0.1) is 0 Å². The standard InChI is InChI=1S/C15H28N4O/c1-13-5-4-6-14(17-13)15-11-16-12-19(15)8-10-20-9-7-18(2)3/h11-14,17H,4-10H2,1-3H3. The largest absolute Gasteiger partial charge is 0.378 e. The van der Waals surface area contributed by atoms with Crippen molar-refractivity contribution in [3.05, 3.63) is 18.2 Å². The minimum absolute atomic E-state index is 0.447. The first-order chi connectivity index (χ1) is 9.66. The van der Waals surface area contributed by atoms with Gasteiger partial charge in [-0.1, -0.05) is 0 Å². The highest BCUT2D eigenvalue weighted by Gasteiger charge is 2.21. The predicted molar refractivity (Wildman–Crippen MR) is 80.8 cm³/mol. The lowest BCUT2D eigenvalue weighted by Crippen LogP contribution is -2.35. The molecule has 0 saturated carbocycles. The number of hydrogen-bond donors (Lipinski definition) is 1. The number of piperidine rings is 1. The van der Waals surface area contributed by atoms with E-state index in [0.717, 1.165) is 26.3 Å². The second-order valence-electron chi connectivity index (χ2n) is 5.98. The number of ether oxygens (including phenoxy) is 1. The van der Waals surface area contributed by atoms with E-state index in [2.05, 4.69) is 40.8 Å². The number of rotatable bonds is 7. The molecular weight excluding hydrogens is 252 g/mol. The smallest absolute Gasteiger partial charge is 0.0949 e. The van der Waals surface area contributed by atoms with Crippen LogP contribution in [-0.4, -0.2) is 54.3 Å². The Bertz CT molecular complexity index is 391. The van der Waals surface area contributed by atoms with Crippen molar-refractivity contribution in [3.63, 3.8) is 0 Å². The van der Waals surface area contributed by atoms with Crippen LogP contribution in [-0.2, 0) is 11.3 Å². The van der Waals surface area contributed by atoms with Crippen LogP contribution in [0.5, 0.6) is 0 Å². The van der Waals surface area contributed by atoms with E-state index in [9.17, 15) is 0 Å². The zero-order valence-electron chi connectivity index (χ0n) is 13.0. The molecule has 1 N–H and O–H groups in total. The van der Waals surface area contributed by atoms with Crippen LogP contribution in [0.2, 0.25) is 0 Å². The monoisotopic (exact) mass is 280 g/mol. The summed E-state index contributed by atoms with van der Waals surface area (Å²) in [4.78, 5) is 6.44. The average molecular weight is 280 g/mol. The van der Waals surface area contributed by atoms with E-state index in [0.29, 0.717) is 12.1 Å². The number of imidazole rings is 1. The van der Waals surface area contributed by atoms with Gasteiger partial charge >= 0.3 is 0 Å². The number of nitrogens with zero attached hydrogens (tertiary/aromatic N) is 3. The molecule has 1 aliphatic heterocycles. The van der Waals surface area contributed by atoms with E-state index in [4.69, 9.17) is 4.74 Å². The van der Waals surface area contributed by atoms with Crippen molar-refractivity contribution in [2.24, 2.45) is 0 Å². The van der Waals surface area contributed by atoms with Gasteiger partial charge in [-0.2, -0.15) is 0 Å². The second kappa shape index (κ2) is 7.76. The van der Waals surface area contributed by atoms with Crippen molar-refractivity contribution in [1.29, 1.82) is 0 Å². The van der Waals surface area contributed by atoms with Gasteiger partial charge < -0.3 is 19.5 Å². The summed E-state index contributed by atoms with van der Waals surface area (Å²) in [5, 5.41) is 3.67. The van der Waals surface area contributed by atoms with Gasteiger partial charge in [-0.25, -0.2) is 4.98 Å². The van der Waals surface area contributed by atoms with E-state index in [1.54, 1.807) is 0 Å². The number of likely N-dealkylation sites (N-methyl/N-ethyl adjacent to an activating group) is 1. The van der Waals surface area contributed by atoms with E-state index >= 15 is 0 Å². The number of nitrogens with one attached hydrogen (secondary N) is 1. The summed E-state index contributed by atoms with van der Waals surface area (Å²) in [7, 11) is 4.13. The molecule has 1 aromatic rings. The highest BCUT2D eigenvalue weighted by atomic mass is 16.5. The Kier molecular flexibility index (Phi) is 6.01. The van der Waals surface area contributed by atoms with Gasteiger partial charge in [0.25, 0.3) is 0 Å². The molecule has 114 valence electrons. The van der Waals surface area contributed by atoms with E-state index in [-0.39, 0.29) is 0 Å². The van der Waals surface area contributed by atoms with Gasteiger partial charge in [-0.3, -0.25) is 0 Å². The molecule has 1 fully saturated rings. The number of aromatic nitrogens is 2. The van der Waals surface area contributed by atoms with Gasteiger partial charge in [-0.15, -0.1) is 0 Å². The summed E-state index contributed by atoms with van der Waals surface area (Å²) in [6.07, 6.45) is 7.69. The maximum atomic E-state index is 5.67. The molecule has 0 radical (unpaired) electrons. The minimum Gasteiger partial charge on any atom is -0.378 e. The minimum atomic E-state index is 0.447. The molecule has 1 saturated heterocycles. The summed E-state index contributed by atoms with van der Waals surface area (Å²) < 4.78 is 7.90. The van der Waals surface area contributed by atoms with Crippen LogP contribution in [0.1, 0.15) is 37.9 Å². The lowest BCUT2D eigenvalue weighted by molar-refractivity contribution is 0.110. The normalized spacial score (nSPS) is 23.4. The Morgan fingerprint density at radius 2 is 2.25 bits per heavy atom. The van der Waals surface area contributed by atoms with Crippen LogP contribution in [0.15, 0.2) is 12.5 Å². The van der Waals surface area contributed by atoms with Crippen LogP contribution in [0.3, 0.4) is 0 Å². The molecule has 1 aliphatic rings. The molecule has 1 aromatic heterocycles. The maximum absolute atomic E-state index is 5.67. The molecule has 20 heavy (non-hydrogen) atoms. The summed E-state index contributed by atoms with van der Waals surface area (Å²) in [5.41, 5.74) is 1.30. The number of hydrogen-bond acceptors (Lipinski definition) is 4. The van der Waals surface area contributed by atoms with Crippen LogP contribution in [0.25, 0.3) is 0 Å². The first kappa shape index (κ1) is 15.5. The van der Waals surface area contributed by atoms with E-state index in [1.165, 1.54) is 25.0 Å². The van der Waals surface area contributed by atoms with Crippen molar-refractivity contribution in [3.8, 4) is 0 Å². The first-order valence-electron chi connectivity index (χ1n) is 7.65. The van der Waals surface area contributed by atoms with Gasteiger partial charge in [0.2, 0.25) is 0 Å². The van der Waals surface area contributed by atoms with Crippen LogP contribution < -0.4 is 5.32 Å². The Hall–Kier alpha value is -0.910. The van der Waals surface area contributed by atoms with E-state index in [1.807, 2.05) is 12.5 Å². The Morgan fingerprint density at radius 1 is 1.40 bits per heavy atom. The quantitative estimate of drug-likeness (QED) is 0.772. The molecule has 5 nitrogen and oxygen atoms in total. The van der Waals surface area contributed by atoms with Crippen molar-refractivity contribution in [2.75, 3.05) is 33.9 Å². The zero-order valence-corrected chi connectivity index (χ0v) is 13.0. The Morgan fingerprint density at radius 3 is 3.00 bits per heavy atom. The lowest BCUT2D eigenvalue weighted by Gasteiger charge is -2.29. The van der Waals surface area contributed by atoms with E-state index < -0.39 is 0 Å². The topological polar surface area (TPSA) is 42.3 Å². The third-order valence-electron chi connectivity index (χ3n) is 3.88. The maximum Gasteiger partial charge on any atom is 0.0949 e. The fraction of sp³-hybridized carbons (Fsp3) is 0.800. The van der Waals surface area contributed by atoms with Gasteiger partial charge in [0.15, 0.2) is 0 Å². The summed E-state index contributed by atoms with van der Waals surface area (Å²) in [6, 6.07) is 1.05. The fourth-order valence-electron chi connectivity index (χ4n) is 2.69. The molecule has 0 aliphatic carbocycles. The van der Waals surface area contributed by atoms with Crippen molar-refractivity contribution >= 4 is 0 Å². The van der Waals surface area contributed by atoms with Gasteiger partial charge in [0.1, 0.15) is 0 Å². The molecule has 0 spiro atoms. The Balaban J connectivity index is 1.79. The third kappa shape index (κ3) is 4.58. The van der Waals surface area contributed by atoms with Crippen molar-refractivity contribution < 1.29 is 4.74 Å². The average Bonchev–Trinajstić information content (AvgIpc) is 2.86. The zero-order chi connectivity index (χ0) is 14.4. The third-order valence-corrected chi connectivity index (χ3v) is 3.88. The fourth-order valence-corrected chi connectivity index (χ4v) is 2.69. The van der Waals surface area contributed by atoms with Gasteiger partial charge in [0, 0.05) is 31.4 Å². The molecule has 0 amide bonds. The summed E-state index contributed by atoms with van der Waals surface area (Å²) >= 11 is 0. The summed E-state index contributed by atoms with van der Waals surface area (Å²) in [5.74, 6) is 0. The van der Waals surface area contributed by atoms with Crippen LogP contribution >= 0.6 is 0 Å². The molecule has 2 unspecified atom stereocenters. The Labute approximate surface area is 122 Å². The molecule has 2 rings (SSSR count). The molecule has 2 atom stereocenters. The SMILES string of the molecule is CC1CCCC(c2cncn2CCOCCN(C)C)N1. The molecular formula is C15H28N4O. The first-order valence-corrected chi connectivity index (χ1v) is 7.65. The predicted octanol–water partition coefficient (Wildman–Crippen LogP) is 1.66. The molecule has 0 bridgehead atoms. The molecule has 2 heterocycles. The van der Waals surface area contributed by atoms with Crippen molar-refractivity contribution in [2.45, 2.75) is 44.8 Å². The van der Waals surface area contributed by atoms with Gasteiger partial charge in [0.05, 0.1) is 25.2 Å². The second-order valence-corrected chi connectivity index (χ2v) is 5.98. The summed E-state index contributed by atoms with van der Waals surface area (Å²) in [6.45, 7) is 5.65. The van der Waals surface area contributed by atoms with Crippen LogP contribution in [0.4, 0.5) is 0 Å². The molecule has 0 aromatic carbocycles.